The number of amides is 1. The quantitative estimate of drug-likeness (QED) is 0.152. The Labute approximate surface area is 271 Å². The van der Waals surface area contributed by atoms with Gasteiger partial charge in [-0.05, 0) is 86.8 Å². The summed E-state index contributed by atoms with van der Waals surface area (Å²) in [5.74, 6) is 0.282. The smallest absolute Gasteiger partial charge is 0.227 e. The van der Waals surface area contributed by atoms with E-state index in [1.807, 2.05) is 36.4 Å². The van der Waals surface area contributed by atoms with E-state index >= 15 is 0 Å². The van der Waals surface area contributed by atoms with Crippen LogP contribution in [0.3, 0.4) is 0 Å². The van der Waals surface area contributed by atoms with Crippen molar-refractivity contribution in [3.8, 4) is 39.5 Å². The summed E-state index contributed by atoms with van der Waals surface area (Å²) in [6.07, 6.45) is 11.8. The van der Waals surface area contributed by atoms with Gasteiger partial charge in [-0.1, -0.05) is 18.9 Å². The van der Waals surface area contributed by atoms with E-state index < -0.39 is 0 Å². The van der Waals surface area contributed by atoms with Crippen LogP contribution < -0.4 is 10.1 Å². The highest BCUT2D eigenvalue weighted by Gasteiger charge is 2.23. The lowest BCUT2D eigenvalue weighted by atomic mass is 10.0. The Morgan fingerprint density at radius 2 is 1.74 bits per heavy atom. The van der Waals surface area contributed by atoms with Gasteiger partial charge in [0.05, 0.1) is 28.8 Å². The number of H-pyrrole nitrogens is 2. The molecule has 0 atom stereocenters. The Morgan fingerprint density at radius 3 is 2.62 bits per heavy atom. The second-order valence-corrected chi connectivity index (χ2v) is 12.6. The molecule has 0 bridgehead atoms. The summed E-state index contributed by atoms with van der Waals surface area (Å²) in [6, 6.07) is 16.8. The van der Waals surface area contributed by atoms with Crippen LogP contribution in [0.2, 0.25) is 0 Å². The minimum absolute atomic E-state index is 0.0706. The summed E-state index contributed by atoms with van der Waals surface area (Å²) in [5, 5.41) is 12.7. The van der Waals surface area contributed by atoms with Crippen LogP contribution in [0.5, 0.6) is 5.75 Å². The number of rotatable bonds is 9. The second kappa shape index (κ2) is 12.6. The topological polar surface area (TPSA) is 112 Å². The maximum atomic E-state index is 14.8. The summed E-state index contributed by atoms with van der Waals surface area (Å²) in [6.45, 7) is 3.53. The number of likely N-dealkylation sites (tertiary alicyclic amines) is 1. The maximum absolute atomic E-state index is 14.8. The number of carbonyl (C=O) groups is 1. The molecule has 10 heteroatoms. The van der Waals surface area contributed by atoms with Gasteiger partial charge in [-0.3, -0.25) is 24.8 Å². The highest BCUT2D eigenvalue weighted by Crippen LogP contribution is 2.36. The first kappa shape index (κ1) is 29.3. The van der Waals surface area contributed by atoms with Gasteiger partial charge in [0, 0.05) is 58.3 Å². The molecule has 1 saturated carbocycles. The molecular formula is C37H36FN7O2. The first-order chi connectivity index (χ1) is 23.1. The van der Waals surface area contributed by atoms with Crippen LogP contribution >= 0.6 is 0 Å². The Bertz CT molecular complexity index is 2070. The van der Waals surface area contributed by atoms with E-state index in [9.17, 15) is 9.18 Å². The molecule has 3 N–H and O–H groups in total. The minimum atomic E-state index is -0.365. The van der Waals surface area contributed by atoms with Crippen molar-refractivity contribution in [3.05, 3.63) is 79.0 Å². The third-order valence-electron chi connectivity index (χ3n) is 9.45. The van der Waals surface area contributed by atoms with Crippen LogP contribution in [0, 0.1) is 11.7 Å². The number of hydrogen-bond donors (Lipinski definition) is 3. The summed E-state index contributed by atoms with van der Waals surface area (Å²) in [5.41, 5.74) is 7.19. The van der Waals surface area contributed by atoms with E-state index in [0.717, 1.165) is 89.6 Å². The number of ether oxygens (including phenoxy) is 1. The van der Waals surface area contributed by atoms with E-state index in [1.54, 1.807) is 18.6 Å². The fraction of sp³-hybridized carbons (Fsp3) is 0.297. The molecule has 1 aliphatic heterocycles. The van der Waals surface area contributed by atoms with Crippen LogP contribution in [0.25, 0.3) is 55.6 Å². The number of hydrogen-bond acceptors (Lipinski definition) is 6. The van der Waals surface area contributed by atoms with Crippen molar-refractivity contribution >= 4 is 33.4 Å². The third kappa shape index (κ3) is 6.08. The molecule has 0 radical (unpaired) electrons. The lowest BCUT2D eigenvalue weighted by Crippen LogP contribution is -2.25. The predicted octanol–water partition coefficient (Wildman–Crippen LogP) is 7.58. The molecule has 5 heterocycles. The second-order valence-electron chi connectivity index (χ2n) is 12.6. The SMILES string of the molecule is O=C(Nc1cncc(-c2ccc3[nH]nc(-c4cc5c(-c6cc(F)cc(OCCN7CCCC7)c6)nccc5[nH]4)c3c2)c1)C1CCCC1. The van der Waals surface area contributed by atoms with Crippen LogP contribution in [0.15, 0.2) is 73.2 Å². The normalized spacial score (nSPS) is 15.6. The van der Waals surface area contributed by atoms with Gasteiger partial charge < -0.3 is 15.0 Å². The van der Waals surface area contributed by atoms with Crippen LogP contribution in [-0.2, 0) is 4.79 Å². The molecule has 47 heavy (non-hydrogen) atoms. The average Bonchev–Trinajstić information content (AvgIpc) is 3.91. The van der Waals surface area contributed by atoms with Crippen LogP contribution in [0.1, 0.15) is 38.5 Å². The van der Waals surface area contributed by atoms with Gasteiger partial charge in [-0.25, -0.2) is 4.39 Å². The molecule has 238 valence electrons. The summed E-state index contributed by atoms with van der Waals surface area (Å²) < 4.78 is 20.8. The lowest BCUT2D eigenvalue weighted by molar-refractivity contribution is -0.119. The van der Waals surface area contributed by atoms with Crippen molar-refractivity contribution in [1.29, 1.82) is 0 Å². The van der Waals surface area contributed by atoms with Crippen molar-refractivity contribution in [2.45, 2.75) is 38.5 Å². The maximum Gasteiger partial charge on any atom is 0.227 e. The molecule has 1 aliphatic carbocycles. The summed E-state index contributed by atoms with van der Waals surface area (Å²) in [4.78, 5) is 27.7. The van der Waals surface area contributed by atoms with Gasteiger partial charge in [-0.2, -0.15) is 5.10 Å². The fourth-order valence-electron chi connectivity index (χ4n) is 6.99. The third-order valence-corrected chi connectivity index (χ3v) is 9.45. The molecule has 0 spiro atoms. The molecule has 9 nitrogen and oxygen atoms in total. The van der Waals surface area contributed by atoms with Crippen molar-refractivity contribution < 1.29 is 13.9 Å². The zero-order valence-electron chi connectivity index (χ0n) is 26.1. The number of aromatic nitrogens is 5. The van der Waals surface area contributed by atoms with Gasteiger partial charge >= 0.3 is 0 Å². The number of halogens is 1. The molecule has 1 amide bonds. The molecule has 4 aromatic heterocycles. The number of nitrogens with zero attached hydrogens (tertiary/aromatic N) is 4. The Balaban J connectivity index is 1.08. The number of carbonyl (C=O) groups excluding carboxylic acids is 1. The molecule has 2 aromatic carbocycles. The number of anilines is 1. The molecule has 2 fully saturated rings. The summed E-state index contributed by atoms with van der Waals surface area (Å²) in [7, 11) is 0. The van der Waals surface area contributed by atoms with Gasteiger partial charge in [0.2, 0.25) is 5.91 Å². The highest BCUT2D eigenvalue weighted by atomic mass is 19.1. The molecule has 1 saturated heterocycles. The standard InChI is InChI=1S/C37H36FN7O2/c38-27-15-25(17-29(19-27)47-14-13-45-11-3-4-12-45)35-31-20-34(42-32(31)9-10-40-35)36-30-18-24(7-8-33(30)43-44-36)26-16-28(22-39-21-26)41-37(46)23-5-1-2-6-23/h7-10,15-23,42H,1-6,11-14H2,(H,41,46)(H,43,44). The predicted molar refractivity (Wildman–Crippen MR) is 182 cm³/mol. The number of pyridine rings is 2. The Morgan fingerprint density at radius 1 is 0.894 bits per heavy atom. The van der Waals surface area contributed by atoms with E-state index in [0.29, 0.717) is 29.3 Å². The Hall–Kier alpha value is -5.09. The van der Waals surface area contributed by atoms with Crippen molar-refractivity contribution in [1.82, 2.24) is 30.0 Å². The van der Waals surface area contributed by atoms with Crippen LogP contribution in [0.4, 0.5) is 10.1 Å². The van der Waals surface area contributed by atoms with E-state index in [4.69, 9.17) is 4.74 Å². The number of aromatic amines is 2. The van der Waals surface area contributed by atoms with E-state index in [-0.39, 0.29) is 17.6 Å². The first-order valence-electron chi connectivity index (χ1n) is 16.5. The largest absolute Gasteiger partial charge is 0.492 e. The molecular weight excluding hydrogens is 593 g/mol. The van der Waals surface area contributed by atoms with Gasteiger partial charge in [0.25, 0.3) is 0 Å². The number of benzene rings is 2. The zero-order chi connectivity index (χ0) is 31.7. The summed E-state index contributed by atoms with van der Waals surface area (Å²) >= 11 is 0. The van der Waals surface area contributed by atoms with Gasteiger partial charge in [0.15, 0.2) is 0 Å². The van der Waals surface area contributed by atoms with Crippen molar-refractivity contribution in [2.75, 3.05) is 31.6 Å². The van der Waals surface area contributed by atoms with Crippen LogP contribution in [-0.4, -0.2) is 62.2 Å². The fourth-order valence-corrected chi connectivity index (χ4v) is 6.99. The Kier molecular flexibility index (Phi) is 7.86. The van der Waals surface area contributed by atoms with Gasteiger partial charge in [-0.15, -0.1) is 0 Å². The first-order valence-corrected chi connectivity index (χ1v) is 16.5. The lowest BCUT2D eigenvalue weighted by Gasteiger charge is -2.15. The average molecular weight is 630 g/mol. The minimum Gasteiger partial charge on any atom is -0.492 e. The molecule has 0 unspecified atom stereocenters. The molecule has 6 aromatic rings. The van der Waals surface area contributed by atoms with Crippen molar-refractivity contribution in [2.24, 2.45) is 5.92 Å². The van der Waals surface area contributed by atoms with E-state index in [1.165, 1.54) is 25.0 Å². The van der Waals surface area contributed by atoms with E-state index in [2.05, 4.69) is 41.4 Å². The number of nitrogens with one attached hydrogen (secondary N) is 3. The highest BCUT2D eigenvalue weighted by molar-refractivity contribution is 6.01. The monoisotopic (exact) mass is 629 g/mol. The molecule has 8 rings (SSSR count). The van der Waals surface area contributed by atoms with Crippen molar-refractivity contribution in [3.63, 3.8) is 0 Å². The molecule has 2 aliphatic rings. The van der Waals surface area contributed by atoms with Gasteiger partial charge in [0.1, 0.15) is 23.9 Å². The zero-order valence-corrected chi connectivity index (χ0v) is 26.1. The number of fused-ring (bicyclic) bond motifs is 2.